The number of nitrogens with zero attached hydrogens (tertiary/aromatic N) is 1. The van der Waals surface area contributed by atoms with Crippen molar-refractivity contribution >= 4 is 5.91 Å². The first-order valence-electron chi connectivity index (χ1n) is 6.24. The van der Waals surface area contributed by atoms with Gasteiger partial charge in [-0.3, -0.25) is 4.79 Å². The Morgan fingerprint density at radius 1 is 1.31 bits per heavy atom. The Hall–Kier alpha value is -0.570. The minimum Gasteiger partial charge on any atom is -0.342 e. The summed E-state index contributed by atoms with van der Waals surface area (Å²) in [6.45, 7) is 12.9. The minimum absolute atomic E-state index is 0.0645. The summed E-state index contributed by atoms with van der Waals surface area (Å²) in [5.74, 6) is 0.774. The quantitative estimate of drug-likeness (QED) is 0.758. The zero-order chi connectivity index (χ0) is 12.8. The summed E-state index contributed by atoms with van der Waals surface area (Å²) in [5.41, 5.74) is 5.56. The largest absolute Gasteiger partial charge is 0.342 e. The number of nitrogens with two attached hydrogens (primary N) is 1. The highest BCUT2D eigenvalue weighted by Gasteiger charge is 2.21. The summed E-state index contributed by atoms with van der Waals surface area (Å²) in [5, 5.41) is 0. The normalized spacial score (nSPS) is 11.9. The van der Waals surface area contributed by atoms with Crippen LogP contribution in [0.5, 0.6) is 0 Å². The summed E-state index contributed by atoms with van der Waals surface area (Å²) in [6, 6.07) is 0. The molecule has 0 aliphatic carbocycles. The lowest BCUT2D eigenvalue weighted by Crippen LogP contribution is -2.37. The second-order valence-electron chi connectivity index (χ2n) is 6.11. The summed E-state index contributed by atoms with van der Waals surface area (Å²) < 4.78 is 0. The highest BCUT2D eigenvalue weighted by molar-refractivity contribution is 5.76. The van der Waals surface area contributed by atoms with Crippen LogP contribution in [0, 0.1) is 11.3 Å². The molecule has 3 nitrogen and oxygen atoms in total. The van der Waals surface area contributed by atoms with E-state index in [1.54, 1.807) is 0 Å². The fourth-order valence-electron chi connectivity index (χ4n) is 1.61. The predicted molar refractivity (Wildman–Crippen MR) is 69.2 cm³/mol. The molecule has 0 radical (unpaired) electrons. The fraction of sp³-hybridized carbons (Fsp3) is 0.923. The first kappa shape index (κ1) is 15.4. The molecule has 3 heteroatoms. The fourth-order valence-corrected chi connectivity index (χ4v) is 1.61. The third-order valence-corrected chi connectivity index (χ3v) is 2.25. The molecule has 0 unspecified atom stereocenters. The monoisotopic (exact) mass is 228 g/mol. The first-order chi connectivity index (χ1) is 7.26. The zero-order valence-electron chi connectivity index (χ0n) is 11.5. The molecule has 0 aliphatic rings. The number of hydrogen-bond donors (Lipinski definition) is 1. The standard InChI is InChI=1S/C13H28N2O/c1-11(2)10-15(8-6-7-14)12(16)9-13(3,4)5/h11H,6-10,14H2,1-5H3. The molecule has 0 heterocycles. The molecule has 0 bridgehead atoms. The van der Waals surface area contributed by atoms with Crippen LogP contribution in [0.2, 0.25) is 0 Å². The Balaban J connectivity index is 4.31. The van der Waals surface area contributed by atoms with Crippen LogP contribution in [0.15, 0.2) is 0 Å². The van der Waals surface area contributed by atoms with E-state index in [2.05, 4.69) is 34.6 Å². The van der Waals surface area contributed by atoms with Gasteiger partial charge in [0.05, 0.1) is 0 Å². The maximum absolute atomic E-state index is 12.1. The number of carbonyl (C=O) groups is 1. The van der Waals surface area contributed by atoms with Crippen molar-refractivity contribution in [3.8, 4) is 0 Å². The van der Waals surface area contributed by atoms with E-state index in [-0.39, 0.29) is 11.3 Å². The van der Waals surface area contributed by atoms with Crippen LogP contribution in [-0.4, -0.2) is 30.4 Å². The van der Waals surface area contributed by atoms with Crippen molar-refractivity contribution in [3.63, 3.8) is 0 Å². The van der Waals surface area contributed by atoms with Crippen LogP contribution in [0.4, 0.5) is 0 Å². The smallest absolute Gasteiger partial charge is 0.223 e. The predicted octanol–water partition coefficient (Wildman–Crippen LogP) is 2.26. The molecule has 16 heavy (non-hydrogen) atoms. The van der Waals surface area contributed by atoms with Gasteiger partial charge in [-0.15, -0.1) is 0 Å². The molecule has 2 N–H and O–H groups in total. The van der Waals surface area contributed by atoms with Crippen LogP contribution < -0.4 is 5.73 Å². The molecule has 0 fully saturated rings. The summed E-state index contributed by atoms with van der Waals surface area (Å²) in [7, 11) is 0. The van der Waals surface area contributed by atoms with Gasteiger partial charge in [0.2, 0.25) is 5.91 Å². The number of rotatable bonds is 6. The number of hydrogen-bond acceptors (Lipinski definition) is 2. The molecule has 1 amide bonds. The molecule has 0 aromatic rings. The van der Waals surface area contributed by atoms with Gasteiger partial charge in [-0.1, -0.05) is 34.6 Å². The molecule has 96 valence electrons. The molecule has 0 aliphatic heterocycles. The van der Waals surface area contributed by atoms with E-state index in [1.165, 1.54) is 0 Å². The van der Waals surface area contributed by atoms with Crippen molar-refractivity contribution in [3.05, 3.63) is 0 Å². The van der Waals surface area contributed by atoms with E-state index in [4.69, 9.17) is 5.73 Å². The lowest BCUT2D eigenvalue weighted by Gasteiger charge is -2.28. The van der Waals surface area contributed by atoms with Crippen molar-refractivity contribution in [2.75, 3.05) is 19.6 Å². The van der Waals surface area contributed by atoms with Crippen LogP contribution in [0.1, 0.15) is 47.5 Å². The van der Waals surface area contributed by atoms with Gasteiger partial charge in [-0.2, -0.15) is 0 Å². The van der Waals surface area contributed by atoms with Crippen molar-refractivity contribution in [1.82, 2.24) is 4.90 Å². The Kier molecular flexibility index (Phi) is 6.65. The van der Waals surface area contributed by atoms with E-state index in [1.807, 2.05) is 4.90 Å². The van der Waals surface area contributed by atoms with Crippen molar-refractivity contribution < 1.29 is 4.79 Å². The lowest BCUT2D eigenvalue weighted by molar-refractivity contribution is -0.133. The van der Waals surface area contributed by atoms with E-state index < -0.39 is 0 Å². The van der Waals surface area contributed by atoms with Crippen molar-refractivity contribution in [2.24, 2.45) is 17.1 Å². The third kappa shape index (κ3) is 7.69. The average Bonchev–Trinajstić information content (AvgIpc) is 2.08. The molecular weight excluding hydrogens is 200 g/mol. The van der Waals surface area contributed by atoms with Crippen molar-refractivity contribution in [2.45, 2.75) is 47.5 Å². The Labute approximate surface area is 100 Å². The molecular formula is C13H28N2O. The number of amides is 1. The van der Waals surface area contributed by atoms with Gasteiger partial charge in [0.1, 0.15) is 0 Å². The highest BCUT2D eigenvalue weighted by Crippen LogP contribution is 2.20. The molecule has 0 spiro atoms. The van der Waals surface area contributed by atoms with Gasteiger partial charge in [-0.25, -0.2) is 0 Å². The van der Waals surface area contributed by atoms with Crippen LogP contribution in [-0.2, 0) is 4.79 Å². The first-order valence-corrected chi connectivity index (χ1v) is 6.24. The second-order valence-corrected chi connectivity index (χ2v) is 6.11. The molecule has 0 saturated carbocycles. The van der Waals surface area contributed by atoms with Crippen LogP contribution in [0.3, 0.4) is 0 Å². The Morgan fingerprint density at radius 2 is 1.88 bits per heavy atom. The molecule has 0 atom stereocenters. The van der Waals surface area contributed by atoms with Gasteiger partial charge in [-0.05, 0) is 24.3 Å². The minimum atomic E-state index is 0.0645. The molecule has 0 aromatic carbocycles. The Morgan fingerprint density at radius 3 is 2.25 bits per heavy atom. The number of carbonyl (C=O) groups excluding carboxylic acids is 1. The van der Waals surface area contributed by atoms with E-state index in [0.29, 0.717) is 18.9 Å². The lowest BCUT2D eigenvalue weighted by atomic mass is 9.91. The van der Waals surface area contributed by atoms with E-state index in [9.17, 15) is 4.79 Å². The zero-order valence-corrected chi connectivity index (χ0v) is 11.5. The van der Waals surface area contributed by atoms with Crippen molar-refractivity contribution in [1.29, 1.82) is 0 Å². The molecule has 0 saturated heterocycles. The molecule has 0 rings (SSSR count). The maximum Gasteiger partial charge on any atom is 0.223 e. The van der Waals surface area contributed by atoms with Crippen LogP contribution in [0.25, 0.3) is 0 Å². The third-order valence-electron chi connectivity index (χ3n) is 2.25. The Bertz CT molecular complexity index is 206. The van der Waals surface area contributed by atoms with Gasteiger partial charge in [0.25, 0.3) is 0 Å². The van der Waals surface area contributed by atoms with Gasteiger partial charge in [0, 0.05) is 19.5 Å². The molecule has 0 aromatic heterocycles. The summed E-state index contributed by atoms with van der Waals surface area (Å²) >= 11 is 0. The maximum atomic E-state index is 12.1. The van der Waals surface area contributed by atoms with Gasteiger partial charge in [0.15, 0.2) is 0 Å². The van der Waals surface area contributed by atoms with Gasteiger partial charge >= 0.3 is 0 Å². The van der Waals surface area contributed by atoms with Gasteiger partial charge < -0.3 is 10.6 Å². The summed E-state index contributed by atoms with van der Waals surface area (Å²) in [4.78, 5) is 14.0. The van der Waals surface area contributed by atoms with E-state index >= 15 is 0 Å². The average molecular weight is 228 g/mol. The van der Waals surface area contributed by atoms with E-state index in [0.717, 1.165) is 19.5 Å². The topological polar surface area (TPSA) is 46.3 Å². The van der Waals surface area contributed by atoms with Crippen LogP contribution >= 0.6 is 0 Å². The second kappa shape index (κ2) is 6.89. The highest BCUT2D eigenvalue weighted by atomic mass is 16.2. The summed E-state index contributed by atoms with van der Waals surface area (Å²) in [6.07, 6.45) is 1.51. The SMILES string of the molecule is CC(C)CN(CCCN)C(=O)CC(C)(C)C.